The zero-order valence-corrected chi connectivity index (χ0v) is 15.5. The van der Waals surface area contributed by atoms with E-state index in [2.05, 4.69) is 17.5 Å². The Hall–Kier alpha value is -2.30. The SMILES string of the molecule is CC[C@H]1C/C=C/C[C@@H](C)Oc2ccccc2C(=O)N(C)[C@H](C)C(=O)N1. The van der Waals surface area contributed by atoms with Crippen LogP contribution in [-0.2, 0) is 4.79 Å². The Morgan fingerprint density at radius 1 is 1.16 bits per heavy atom. The number of benzene rings is 1. The minimum atomic E-state index is -0.557. The van der Waals surface area contributed by atoms with Crippen molar-refractivity contribution in [3.05, 3.63) is 42.0 Å². The lowest BCUT2D eigenvalue weighted by Gasteiger charge is -2.27. The molecule has 1 heterocycles. The highest BCUT2D eigenvalue weighted by Crippen LogP contribution is 2.22. The molecule has 1 aromatic carbocycles. The molecule has 1 aliphatic rings. The van der Waals surface area contributed by atoms with Gasteiger partial charge in [-0.15, -0.1) is 0 Å². The molecule has 0 spiro atoms. The second-order valence-electron chi connectivity index (χ2n) is 6.57. The van der Waals surface area contributed by atoms with Crippen molar-refractivity contribution >= 4 is 11.8 Å². The average Bonchev–Trinajstić information content (AvgIpc) is 2.61. The van der Waals surface area contributed by atoms with Gasteiger partial charge in [0.05, 0.1) is 11.7 Å². The number of fused-ring (bicyclic) bond motifs is 1. The zero-order valence-electron chi connectivity index (χ0n) is 15.5. The average molecular weight is 344 g/mol. The molecule has 0 saturated carbocycles. The molecule has 2 rings (SSSR count). The van der Waals surface area contributed by atoms with Crippen LogP contribution < -0.4 is 10.1 Å². The second-order valence-corrected chi connectivity index (χ2v) is 6.57. The molecule has 25 heavy (non-hydrogen) atoms. The zero-order chi connectivity index (χ0) is 18.4. The number of likely N-dealkylation sites (N-methyl/N-ethyl adjacent to an activating group) is 1. The predicted octanol–water partition coefficient (Wildman–Crippen LogP) is 3.16. The maximum atomic E-state index is 12.9. The molecule has 2 amide bonds. The normalized spacial score (nSPS) is 26.9. The van der Waals surface area contributed by atoms with Crippen LogP contribution >= 0.6 is 0 Å². The number of rotatable bonds is 1. The van der Waals surface area contributed by atoms with E-state index in [9.17, 15) is 9.59 Å². The van der Waals surface area contributed by atoms with Gasteiger partial charge in [0.2, 0.25) is 5.91 Å². The highest BCUT2D eigenvalue weighted by molar-refractivity contribution is 5.99. The summed E-state index contributed by atoms with van der Waals surface area (Å²) < 4.78 is 5.98. The third kappa shape index (κ3) is 4.84. The molecule has 5 nitrogen and oxygen atoms in total. The van der Waals surface area contributed by atoms with Gasteiger partial charge in [0.15, 0.2) is 0 Å². The van der Waals surface area contributed by atoms with Gasteiger partial charge < -0.3 is 15.0 Å². The van der Waals surface area contributed by atoms with Gasteiger partial charge in [0.25, 0.3) is 5.91 Å². The minimum absolute atomic E-state index is 0.0365. The monoisotopic (exact) mass is 344 g/mol. The Bertz CT molecular complexity index is 642. The fourth-order valence-corrected chi connectivity index (χ4v) is 2.75. The molecule has 1 N–H and O–H groups in total. The predicted molar refractivity (Wildman–Crippen MR) is 98.7 cm³/mol. The molecule has 0 saturated heterocycles. The standard InChI is InChI=1S/C20H28N2O3/c1-5-16-11-7-6-10-14(2)25-18-13-9-8-12-17(18)20(24)22(4)15(3)19(23)21-16/h6-9,12-16H,5,10-11H2,1-4H3,(H,21,23)/b7-6+/t14-,15-,16+/m1/s1. The fraction of sp³-hybridized carbons (Fsp3) is 0.500. The summed E-state index contributed by atoms with van der Waals surface area (Å²) in [6, 6.07) is 6.70. The topological polar surface area (TPSA) is 58.6 Å². The van der Waals surface area contributed by atoms with Crippen molar-refractivity contribution < 1.29 is 14.3 Å². The third-order valence-corrected chi connectivity index (χ3v) is 4.62. The van der Waals surface area contributed by atoms with E-state index >= 15 is 0 Å². The largest absolute Gasteiger partial charge is 0.490 e. The van der Waals surface area contributed by atoms with Gasteiger partial charge >= 0.3 is 0 Å². The van der Waals surface area contributed by atoms with Crippen molar-refractivity contribution in [2.45, 2.75) is 58.2 Å². The lowest BCUT2D eigenvalue weighted by Crippen LogP contribution is -2.48. The van der Waals surface area contributed by atoms with Crippen LogP contribution in [0.4, 0.5) is 0 Å². The minimum Gasteiger partial charge on any atom is -0.490 e. The van der Waals surface area contributed by atoms with Crippen LogP contribution in [0.2, 0.25) is 0 Å². The molecular weight excluding hydrogens is 316 g/mol. The summed E-state index contributed by atoms with van der Waals surface area (Å²) in [7, 11) is 1.65. The summed E-state index contributed by atoms with van der Waals surface area (Å²) in [6.45, 7) is 5.78. The van der Waals surface area contributed by atoms with Gasteiger partial charge in [-0.2, -0.15) is 0 Å². The molecular formula is C20H28N2O3. The summed E-state index contributed by atoms with van der Waals surface area (Å²) in [6.07, 6.45) is 6.49. The van der Waals surface area contributed by atoms with E-state index in [1.165, 1.54) is 4.90 Å². The number of amides is 2. The highest BCUT2D eigenvalue weighted by Gasteiger charge is 2.26. The van der Waals surface area contributed by atoms with Crippen LogP contribution in [0.1, 0.15) is 50.4 Å². The summed E-state index contributed by atoms with van der Waals surface area (Å²) in [5.74, 6) is 0.197. The summed E-state index contributed by atoms with van der Waals surface area (Å²) in [4.78, 5) is 26.9. The van der Waals surface area contributed by atoms with Gasteiger partial charge in [-0.1, -0.05) is 31.2 Å². The molecule has 0 unspecified atom stereocenters. The molecule has 1 aromatic rings. The number of hydrogen-bond acceptors (Lipinski definition) is 3. The summed E-state index contributed by atoms with van der Waals surface area (Å²) in [5, 5.41) is 3.04. The Labute approximate surface area is 150 Å². The highest BCUT2D eigenvalue weighted by atomic mass is 16.5. The van der Waals surface area contributed by atoms with Crippen molar-refractivity contribution in [2.24, 2.45) is 0 Å². The number of nitrogens with zero attached hydrogens (tertiary/aromatic N) is 1. The molecule has 0 bridgehead atoms. The Balaban J connectivity index is 2.34. The summed E-state index contributed by atoms with van der Waals surface area (Å²) >= 11 is 0. The van der Waals surface area contributed by atoms with E-state index in [1.807, 2.05) is 19.9 Å². The quantitative estimate of drug-likeness (QED) is 0.796. The van der Waals surface area contributed by atoms with Crippen LogP contribution in [-0.4, -0.2) is 41.9 Å². The van der Waals surface area contributed by atoms with Crippen molar-refractivity contribution in [2.75, 3.05) is 7.05 Å². The molecule has 5 heteroatoms. The number of nitrogens with one attached hydrogen (secondary N) is 1. The van der Waals surface area contributed by atoms with Crippen LogP contribution in [0, 0.1) is 0 Å². The third-order valence-electron chi connectivity index (χ3n) is 4.62. The molecule has 0 fully saturated rings. The molecule has 0 aromatic heterocycles. The number of ether oxygens (including phenoxy) is 1. The van der Waals surface area contributed by atoms with Crippen molar-refractivity contribution in [1.29, 1.82) is 0 Å². The van der Waals surface area contributed by atoms with Crippen molar-refractivity contribution in [1.82, 2.24) is 10.2 Å². The van der Waals surface area contributed by atoms with Gasteiger partial charge in [0.1, 0.15) is 11.8 Å². The lowest BCUT2D eigenvalue weighted by atomic mass is 10.1. The van der Waals surface area contributed by atoms with E-state index in [-0.39, 0.29) is 24.0 Å². The molecule has 136 valence electrons. The van der Waals surface area contributed by atoms with Crippen LogP contribution in [0.15, 0.2) is 36.4 Å². The molecule has 0 radical (unpaired) electrons. The Morgan fingerprint density at radius 2 is 1.84 bits per heavy atom. The number of hydrogen-bond donors (Lipinski definition) is 1. The Morgan fingerprint density at radius 3 is 2.56 bits per heavy atom. The number of carbonyl (C=O) groups excluding carboxylic acids is 2. The van der Waals surface area contributed by atoms with E-state index < -0.39 is 6.04 Å². The van der Waals surface area contributed by atoms with Gasteiger partial charge in [0, 0.05) is 19.5 Å². The summed E-state index contributed by atoms with van der Waals surface area (Å²) in [5.41, 5.74) is 0.476. The van der Waals surface area contributed by atoms with E-state index in [4.69, 9.17) is 4.74 Å². The van der Waals surface area contributed by atoms with Crippen LogP contribution in [0.3, 0.4) is 0 Å². The van der Waals surface area contributed by atoms with E-state index in [1.54, 1.807) is 32.2 Å². The van der Waals surface area contributed by atoms with E-state index in [0.29, 0.717) is 11.3 Å². The van der Waals surface area contributed by atoms with Crippen LogP contribution in [0.5, 0.6) is 5.75 Å². The fourth-order valence-electron chi connectivity index (χ4n) is 2.75. The molecule has 3 atom stereocenters. The second kappa shape index (κ2) is 8.70. The van der Waals surface area contributed by atoms with Gasteiger partial charge in [-0.3, -0.25) is 9.59 Å². The first-order chi connectivity index (χ1) is 11.9. The first kappa shape index (κ1) is 19.0. The van der Waals surface area contributed by atoms with Gasteiger partial charge in [-0.25, -0.2) is 0 Å². The maximum absolute atomic E-state index is 12.9. The molecule has 1 aliphatic heterocycles. The smallest absolute Gasteiger partial charge is 0.258 e. The van der Waals surface area contributed by atoms with Crippen molar-refractivity contribution in [3.8, 4) is 5.75 Å². The van der Waals surface area contributed by atoms with Crippen LogP contribution in [0.25, 0.3) is 0 Å². The van der Waals surface area contributed by atoms with E-state index in [0.717, 1.165) is 19.3 Å². The lowest BCUT2D eigenvalue weighted by molar-refractivity contribution is -0.125. The molecule has 0 aliphatic carbocycles. The number of carbonyl (C=O) groups is 2. The Kier molecular flexibility index (Phi) is 6.62. The van der Waals surface area contributed by atoms with Crippen molar-refractivity contribution in [3.63, 3.8) is 0 Å². The first-order valence-electron chi connectivity index (χ1n) is 8.92. The maximum Gasteiger partial charge on any atom is 0.258 e. The van der Waals surface area contributed by atoms with Gasteiger partial charge in [-0.05, 0) is 38.8 Å². The first-order valence-corrected chi connectivity index (χ1v) is 8.92. The number of para-hydroxylation sites is 1.